The number of hydrogen-bond donors (Lipinski definition) is 1. The van der Waals surface area contributed by atoms with Crippen LogP contribution in [0.25, 0.3) is 0 Å². The number of nitro benzene ring substituents is 1. The van der Waals surface area contributed by atoms with E-state index in [0.717, 1.165) is 17.2 Å². The second kappa shape index (κ2) is 6.30. The summed E-state index contributed by atoms with van der Waals surface area (Å²) in [5.41, 5.74) is 1.27. The summed E-state index contributed by atoms with van der Waals surface area (Å²) in [6.45, 7) is 2.30. The first-order valence-corrected chi connectivity index (χ1v) is 6.40. The number of hydrogen-bond acceptors (Lipinski definition) is 3. The van der Waals surface area contributed by atoms with Gasteiger partial charge in [-0.3, -0.25) is 10.1 Å². The highest BCUT2D eigenvalue weighted by Crippen LogP contribution is 2.28. The van der Waals surface area contributed by atoms with Gasteiger partial charge in [0, 0.05) is 18.7 Å². The first-order chi connectivity index (χ1) is 9.97. The van der Waals surface area contributed by atoms with Crippen LogP contribution in [0.1, 0.15) is 11.1 Å². The molecule has 0 aromatic heterocycles. The highest BCUT2D eigenvalue weighted by molar-refractivity contribution is 5.62. The Morgan fingerprint density at radius 3 is 2.67 bits per heavy atom. The van der Waals surface area contributed by atoms with Gasteiger partial charge in [-0.1, -0.05) is 29.8 Å². The van der Waals surface area contributed by atoms with Gasteiger partial charge in [-0.15, -0.1) is 0 Å². The van der Waals surface area contributed by atoms with Crippen LogP contribution in [-0.2, 0) is 6.42 Å². The fourth-order valence-corrected chi connectivity index (χ4v) is 2.10. The van der Waals surface area contributed by atoms with E-state index in [1.807, 2.05) is 31.2 Å². The van der Waals surface area contributed by atoms with Crippen LogP contribution in [-0.4, -0.2) is 11.5 Å². The van der Waals surface area contributed by atoms with Crippen molar-refractivity contribution in [3.05, 3.63) is 69.3 Å². The quantitative estimate of drug-likeness (QED) is 0.673. The molecule has 6 heteroatoms. The predicted octanol–water partition coefficient (Wildman–Crippen LogP) is 3.84. The summed E-state index contributed by atoms with van der Waals surface area (Å²) in [6.07, 6.45) is 0.594. The summed E-state index contributed by atoms with van der Waals surface area (Å²) in [4.78, 5) is 9.98. The minimum absolute atomic E-state index is 0.148. The van der Waals surface area contributed by atoms with Crippen molar-refractivity contribution in [2.24, 2.45) is 0 Å². The van der Waals surface area contributed by atoms with Crippen LogP contribution in [0.3, 0.4) is 0 Å². The largest absolute Gasteiger partial charge is 0.379 e. The van der Waals surface area contributed by atoms with Gasteiger partial charge < -0.3 is 5.32 Å². The predicted molar refractivity (Wildman–Crippen MR) is 76.4 cm³/mol. The van der Waals surface area contributed by atoms with E-state index in [1.165, 1.54) is 0 Å². The van der Waals surface area contributed by atoms with E-state index in [0.29, 0.717) is 19.0 Å². The normalized spacial score (nSPS) is 10.4. The van der Waals surface area contributed by atoms with Gasteiger partial charge in [-0.25, -0.2) is 4.39 Å². The van der Waals surface area contributed by atoms with Gasteiger partial charge >= 0.3 is 5.69 Å². The van der Waals surface area contributed by atoms with Gasteiger partial charge in [0.2, 0.25) is 5.82 Å². The Kier molecular flexibility index (Phi) is 4.47. The standard InChI is InChI=1S/C15H14F2N2O2/c1-10-3-2-4-11(7-10)5-6-18-14-9-12(16)8-13(17)15(14)19(20)21/h2-4,7-9,18H,5-6H2,1H3. The Balaban J connectivity index is 2.11. The molecule has 0 saturated carbocycles. The van der Waals surface area contributed by atoms with Crippen molar-refractivity contribution >= 4 is 11.4 Å². The summed E-state index contributed by atoms with van der Waals surface area (Å²) in [6, 6.07) is 9.22. The molecule has 0 bridgehead atoms. The van der Waals surface area contributed by atoms with E-state index in [9.17, 15) is 18.9 Å². The molecule has 0 unspecified atom stereocenters. The van der Waals surface area contributed by atoms with Gasteiger partial charge in [-0.2, -0.15) is 4.39 Å². The molecule has 110 valence electrons. The molecule has 4 nitrogen and oxygen atoms in total. The topological polar surface area (TPSA) is 55.2 Å². The summed E-state index contributed by atoms with van der Waals surface area (Å²) in [5, 5.41) is 13.6. The minimum atomic E-state index is -1.18. The molecule has 0 atom stereocenters. The lowest BCUT2D eigenvalue weighted by molar-refractivity contribution is -0.386. The highest BCUT2D eigenvalue weighted by Gasteiger charge is 2.21. The third-order valence-corrected chi connectivity index (χ3v) is 3.02. The van der Waals surface area contributed by atoms with Crippen molar-refractivity contribution in [2.45, 2.75) is 13.3 Å². The summed E-state index contributed by atoms with van der Waals surface area (Å²) in [5.74, 6) is -2.03. The van der Waals surface area contributed by atoms with E-state index in [-0.39, 0.29) is 5.69 Å². The zero-order valence-electron chi connectivity index (χ0n) is 11.4. The summed E-state index contributed by atoms with van der Waals surface area (Å²) in [7, 11) is 0. The van der Waals surface area contributed by atoms with Crippen LogP contribution in [0.15, 0.2) is 36.4 Å². The monoisotopic (exact) mass is 292 g/mol. The van der Waals surface area contributed by atoms with Gasteiger partial charge in [0.25, 0.3) is 0 Å². The SMILES string of the molecule is Cc1cccc(CCNc2cc(F)cc(F)c2[N+](=O)[O-])c1. The Hall–Kier alpha value is -2.50. The zero-order chi connectivity index (χ0) is 15.4. The van der Waals surface area contributed by atoms with Crippen LogP contribution in [0.2, 0.25) is 0 Å². The zero-order valence-corrected chi connectivity index (χ0v) is 11.4. The van der Waals surface area contributed by atoms with Crippen molar-refractivity contribution < 1.29 is 13.7 Å². The summed E-state index contributed by atoms with van der Waals surface area (Å²) < 4.78 is 26.6. The molecule has 1 N–H and O–H groups in total. The van der Waals surface area contributed by atoms with Gasteiger partial charge in [0.1, 0.15) is 11.5 Å². The molecule has 0 radical (unpaired) electrons. The number of nitro groups is 1. The van der Waals surface area contributed by atoms with Crippen molar-refractivity contribution in [3.63, 3.8) is 0 Å². The molecule has 0 amide bonds. The lowest BCUT2D eigenvalue weighted by atomic mass is 10.1. The van der Waals surface area contributed by atoms with E-state index < -0.39 is 22.2 Å². The Labute approximate surface area is 120 Å². The maximum absolute atomic E-state index is 13.4. The van der Waals surface area contributed by atoms with Crippen LogP contribution in [0, 0.1) is 28.7 Å². The van der Waals surface area contributed by atoms with E-state index >= 15 is 0 Å². The maximum atomic E-state index is 13.4. The first-order valence-electron chi connectivity index (χ1n) is 6.40. The number of benzene rings is 2. The molecule has 0 fully saturated rings. The Bertz CT molecular complexity index is 675. The highest BCUT2D eigenvalue weighted by atomic mass is 19.1. The molecule has 0 aliphatic rings. The van der Waals surface area contributed by atoms with Crippen LogP contribution < -0.4 is 5.32 Å². The molecular weight excluding hydrogens is 278 g/mol. The van der Waals surface area contributed by atoms with Crippen molar-refractivity contribution in [1.82, 2.24) is 0 Å². The van der Waals surface area contributed by atoms with E-state index in [1.54, 1.807) is 0 Å². The maximum Gasteiger partial charge on any atom is 0.327 e. The van der Waals surface area contributed by atoms with Crippen molar-refractivity contribution in [1.29, 1.82) is 0 Å². The number of aryl methyl sites for hydroxylation is 1. The molecule has 0 aliphatic carbocycles. The number of nitrogens with one attached hydrogen (secondary N) is 1. The molecule has 2 aromatic rings. The molecule has 0 spiro atoms. The number of rotatable bonds is 5. The van der Waals surface area contributed by atoms with E-state index in [4.69, 9.17) is 0 Å². The molecular formula is C15H14F2N2O2. The Morgan fingerprint density at radius 2 is 2.00 bits per heavy atom. The lowest BCUT2D eigenvalue weighted by Crippen LogP contribution is -2.08. The second-order valence-corrected chi connectivity index (χ2v) is 4.71. The van der Waals surface area contributed by atoms with Gasteiger partial charge in [-0.05, 0) is 18.9 Å². The third-order valence-electron chi connectivity index (χ3n) is 3.02. The minimum Gasteiger partial charge on any atom is -0.379 e. The summed E-state index contributed by atoms with van der Waals surface area (Å²) >= 11 is 0. The van der Waals surface area contributed by atoms with Gasteiger partial charge in [0.15, 0.2) is 0 Å². The van der Waals surface area contributed by atoms with Crippen molar-refractivity contribution in [3.8, 4) is 0 Å². The number of halogens is 2. The van der Waals surface area contributed by atoms with Crippen LogP contribution >= 0.6 is 0 Å². The molecule has 0 aliphatic heterocycles. The average molecular weight is 292 g/mol. The number of anilines is 1. The third kappa shape index (κ3) is 3.75. The fraction of sp³-hybridized carbons (Fsp3) is 0.200. The number of nitrogens with zero attached hydrogens (tertiary/aromatic N) is 1. The second-order valence-electron chi connectivity index (χ2n) is 4.71. The van der Waals surface area contributed by atoms with E-state index in [2.05, 4.69) is 5.32 Å². The lowest BCUT2D eigenvalue weighted by Gasteiger charge is -2.08. The molecule has 0 heterocycles. The van der Waals surface area contributed by atoms with Crippen LogP contribution in [0.5, 0.6) is 0 Å². The Morgan fingerprint density at radius 1 is 1.24 bits per heavy atom. The average Bonchev–Trinajstić information content (AvgIpc) is 2.37. The van der Waals surface area contributed by atoms with Crippen molar-refractivity contribution in [2.75, 3.05) is 11.9 Å². The molecule has 0 saturated heterocycles. The van der Waals surface area contributed by atoms with Crippen LogP contribution in [0.4, 0.5) is 20.2 Å². The molecule has 2 aromatic carbocycles. The molecule has 21 heavy (non-hydrogen) atoms. The van der Waals surface area contributed by atoms with Gasteiger partial charge in [0.05, 0.1) is 4.92 Å². The molecule has 2 rings (SSSR count). The smallest absolute Gasteiger partial charge is 0.327 e. The fourth-order valence-electron chi connectivity index (χ4n) is 2.10. The first kappa shape index (κ1) is 14.9.